The van der Waals surface area contributed by atoms with Crippen LogP contribution in [-0.2, 0) is 4.74 Å². The third-order valence-electron chi connectivity index (χ3n) is 2.80. The maximum Gasteiger partial charge on any atom is 0.169 e. The molecule has 90 valence electrons. The van der Waals surface area contributed by atoms with Gasteiger partial charge in [0, 0.05) is 20.2 Å². The number of hydrogen-bond acceptors (Lipinski definition) is 5. The summed E-state index contributed by atoms with van der Waals surface area (Å²) in [7, 11) is 1.89. The van der Waals surface area contributed by atoms with Gasteiger partial charge in [0.25, 0.3) is 0 Å². The Morgan fingerprint density at radius 1 is 1.59 bits per heavy atom. The largest absolute Gasteiger partial charge is 0.379 e. The molecule has 0 unspecified atom stereocenters. The average molecular weight is 232 g/mol. The van der Waals surface area contributed by atoms with Crippen molar-refractivity contribution in [1.82, 2.24) is 10.2 Å². The molecular weight excluding hydrogens is 216 g/mol. The maximum absolute atomic E-state index is 8.94. The van der Waals surface area contributed by atoms with E-state index in [1.165, 1.54) is 19.0 Å². The Morgan fingerprint density at radius 2 is 2.41 bits per heavy atom. The summed E-state index contributed by atoms with van der Waals surface area (Å²) in [5.41, 5.74) is 0.546. The predicted octanol–water partition coefficient (Wildman–Crippen LogP) is 1.21. The van der Waals surface area contributed by atoms with Crippen LogP contribution in [0.3, 0.4) is 0 Å². The van der Waals surface area contributed by atoms with E-state index in [2.05, 4.69) is 16.3 Å². The maximum atomic E-state index is 8.94. The van der Waals surface area contributed by atoms with E-state index in [1.807, 2.05) is 11.9 Å². The molecule has 1 aromatic rings. The van der Waals surface area contributed by atoms with Crippen LogP contribution < -0.4 is 4.90 Å². The lowest BCUT2D eigenvalue weighted by molar-refractivity contribution is 0.130. The molecule has 1 aliphatic carbocycles. The van der Waals surface area contributed by atoms with Crippen LogP contribution in [0.1, 0.15) is 18.4 Å². The Morgan fingerprint density at radius 3 is 3.12 bits per heavy atom. The Kier molecular flexibility index (Phi) is 3.89. The van der Waals surface area contributed by atoms with E-state index in [-0.39, 0.29) is 0 Å². The molecule has 5 nitrogen and oxygen atoms in total. The molecule has 0 saturated heterocycles. The van der Waals surface area contributed by atoms with E-state index in [0.29, 0.717) is 18.0 Å². The standard InChI is InChI=1S/C12H16N4O/c1-16(6-7-17-9-10-2-3-10)12-11(8-13)4-5-14-15-12/h4-5,10H,2-3,6-7,9H2,1H3. The molecule has 2 rings (SSSR count). The van der Waals surface area contributed by atoms with Gasteiger partial charge in [-0.15, -0.1) is 5.10 Å². The average Bonchev–Trinajstić information content (AvgIpc) is 3.18. The lowest BCUT2D eigenvalue weighted by Crippen LogP contribution is -2.25. The van der Waals surface area contributed by atoms with Gasteiger partial charge in [0.2, 0.25) is 0 Å². The van der Waals surface area contributed by atoms with Gasteiger partial charge in [-0.05, 0) is 24.8 Å². The first-order valence-electron chi connectivity index (χ1n) is 5.82. The molecule has 0 aromatic carbocycles. The molecule has 0 N–H and O–H groups in total. The fraction of sp³-hybridized carbons (Fsp3) is 0.583. The van der Waals surface area contributed by atoms with E-state index < -0.39 is 0 Å². The van der Waals surface area contributed by atoms with Crippen molar-refractivity contribution >= 4 is 5.82 Å². The van der Waals surface area contributed by atoms with Gasteiger partial charge in [0.05, 0.1) is 18.4 Å². The van der Waals surface area contributed by atoms with Gasteiger partial charge in [-0.2, -0.15) is 10.4 Å². The molecule has 0 radical (unpaired) electrons. The van der Waals surface area contributed by atoms with E-state index in [1.54, 1.807) is 6.07 Å². The topological polar surface area (TPSA) is 62.0 Å². The second-order valence-electron chi connectivity index (χ2n) is 4.32. The zero-order valence-electron chi connectivity index (χ0n) is 9.96. The molecule has 0 atom stereocenters. The first-order valence-corrected chi connectivity index (χ1v) is 5.82. The monoisotopic (exact) mass is 232 g/mol. The van der Waals surface area contributed by atoms with E-state index in [0.717, 1.165) is 19.1 Å². The highest BCUT2D eigenvalue weighted by atomic mass is 16.5. The zero-order chi connectivity index (χ0) is 12.1. The number of anilines is 1. The minimum Gasteiger partial charge on any atom is -0.379 e. The number of hydrogen-bond donors (Lipinski definition) is 0. The van der Waals surface area contributed by atoms with Crippen LogP contribution >= 0.6 is 0 Å². The van der Waals surface area contributed by atoms with Gasteiger partial charge in [-0.3, -0.25) is 0 Å². The fourth-order valence-corrected chi connectivity index (χ4v) is 1.54. The fourth-order valence-electron chi connectivity index (χ4n) is 1.54. The van der Waals surface area contributed by atoms with E-state index in [4.69, 9.17) is 10.00 Å². The van der Waals surface area contributed by atoms with Gasteiger partial charge >= 0.3 is 0 Å². The van der Waals surface area contributed by atoms with Crippen LogP contribution in [-0.4, -0.2) is 37.0 Å². The molecule has 1 aromatic heterocycles. The van der Waals surface area contributed by atoms with Crippen LogP contribution in [0.4, 0.5) is 5.82 Å². The van der Waals surface area contributed by atoms with Crippen LogP contribution in [0.15, 0.2) is 12.3 Å². The van der Waals surface area contributed by atoms with Crippen molar-refractivity contribution in [1.29, 1.82) is 5.26 Å². The summed E-state index contributed by atoms with van der Waals surface area (Å²) in [6.45, 7) is 2.24. The number of nitrogens with zero attached hydrogens (tertiary/aromatic N) is 4. The smallest absolute Gasteiger partial charge is 0.169 e. The minimum absolute atomic E-state index is 0.546. The summed E-state index contributed by atoms with van der Waals surface area (Å²) in [6, 6.07) is 3.78. The molecule has 1 aliphatic rings. The summed E-state index contributed by atoms with van der Waals surface area (Å²) >= 11 is 0. The van der Waals surface area contributed by atoms with E-state index >= 15 is 0 Å². The highest BCUT2D eigenvalue weighted by molar-refractivity contribution is 5.51. The van der Waals surface area contributed by atoms with Crippen LogP contribution in [0.25, 0.3) is 0 Å². The third kappa shape index (κ3) is 3.40. The number of aromatic nitrogens is 2. The lowest BCUT2D eigenvalue weighted by Gasteiger charge is -2.18. The van der Waals surface area contributed by atoms with Crippen LogP contribution in [0.5, 0.6) is 0 Å². The minimum atomic E-state index is 0.546. The van der Waals surface area contributed by atoms with Gasteiger partial charge in [-0.25, -0.2) is 0 Å². The van der Waals surface area contributed by atoms with Crippen molar-refractivity contribution in [3.63, 3.8) is 0 Å². The molecule has 0 spiro atoms. The molecule has 0 bridgehead atoms. The Bertz CT molecular complexity index is 411. The van der Waals surface area contributed by atoms with Gasteiger partial charge in [0.15, 0.2) is 5.82 Å². The van der Waals surface area contributed by atoms with Crippen molar-refractivity contribution in [2.75, 3.05) is 31.7 Å². The normalized spacial score (nSPS) is 14.4. The van der Waals surface area contributed by atoms with Crippen LogP contribution in [0, 0.1) is 17.2 Å². The second-order valence-corrected chi connectivity index (χ2v) is 4.32. The summed E-state index contributed by atoms with van der Waals surface area (Å²) in [4.78, 5) is 1.90. The second kappa shape index (κ2) is 5.60. The molecule has 1 saturated carbocycles. The molecule has 5 heteroatoms. The summed E-state index contributed by atoms with van der Waals surface area (Å²) in [5, 5.41) is 16.7. The number of nitriles is 1. The van der Waals surface area contributed by atoms with Crippen molar-refractivity contribution < 1.29 is 4.74 Å². The summed E-state index contributed by atoms with van der Waals surface area (Å²) < 4.78 is 5.55. The molecule has 1 heterocycles. The van der Waals surface area contributed by atoms with Gasteiger partial charge in [0.1, 0.15) is 6.07 Å². The number of likely N-dealkylation sites (N-methyl/N-ethyl adjacent to an activating group) is 1. The van der Waals surface area contributed by atoms with E-state index in [9.17, 15) is 0 Å². The lowest BCUT2D eigenvalue weighted by atomic mass is 10.3. The molecule has 1 fully saturated rings. The van der Waals surface area contributed by atoms with Crippen molar-refractivity contribution in [2.24, 2.45) is 5.92 Å². The third-order valence-corrected chi connectivity index (χ3v) is 2.80. The SMILES string of the molecule is CN(CCOCC1CC1)c1nnccc1C#N. The van der Waals surface area contributed by atoms with Crippen molar-refractivity contribution in [2.45, 2.75) is 12.8 Å². The predicted molar refractivity (Wildman–Crippen MR) is 63.6 cm³/mol. The Labute approximate surface area is 101 Å². The Hall–Kier alpha value is -1.67. The molecular formula is C12H16N4O. The zero-order valence-corrected chi connectivity index (χ0v) is 9.96. The molecule has 17 heavy (non-hydrogen) atoms. The number of ether oxygens (including phenoxy) is 1. The van der Waals surface area contributed by atoms with Gasteiger partial charge in [-0.1, -0.05) is 0 Å². The summed E-state index contributed by atoms with van der Waals surface area (Å²) in [5.74, 6) is 1.40. The number of rotatable bonds is 6. The van der Waals surface area contributed by atoms with Gasteiger partial charge < -0.3 is 9.64 Å². The summed E-state index contributed by atoms with van der Waals surface area (Å²) in [6.07, 6.45) is 4.14. The Balaban J connectivity index is 1.81. The van der Waals surface area contributed by atoms with Crippen molar-refractivity contribution in [3.05, 3.63) is 17.8 Å². The van der Waals surface area contributed by atoms with Crippen LogP contribution in [0.2, 0.25) is 0 Å². The molecule has 0 aliphatic heterocycles. The first kappa shape index (κ1) is 11.8. The highest BCUT2D eigenvalue weighted by Gasteiger charge is 2.21. The quantitative estimate of drug-likeness (QED) is 0.690. The molecule has 0 amide bonds. The first-order chi connectivity index (χ1) is 8.31. The van der Waals surface area contributed by atoms with Crippen molar-refractivity contribution in [3.8, 4) is 6.07 Å². The highest BCUT2D eigenvalue weighted by Crippen LogP contribution is 2.28.